The summed E-state index contributed by atoms with van der Waals surface area (Å²) in [7, 11) is 1.43. The Morgan fingerprint density at radius 3 is 2.58 bits per heavy atom. The average Bonchev–Trinajstić information content (AvgIpc) is 2.03. The van der Waals surface area contributed by atoms with Crippen molar-refractivity contribution in [3.8, 4) is 11.5 Å². The molecule has 0 bridgehead atoms. The minimum absolute atomic E-state index is 0.0237. The zero-order valence-corrected chi connectivity index (χ0v) is 6.38. The molecular weight excluding hydrogens is 166 g/mol. The van der Waals surface area contributed by atoms with Gasteiger partial charge in [-0.1, -0.05) is 6.07 Å². The molecule has 0 N–H and O–H groups in total. The summed E-state index contributed by atoms with van der Waals surface area (Å²) in [5.41, 5.74) is 0. The van der Waals surface area contributed by atoms with Crippen molar-refractivity contribution < 1.29 is 18.3 Å². The number of hydrogen-bond acceptors (Lipinski definition) is 2. The molecule has 0 aliphatic carbocycles. The molecule has 0 amide bonds. The van der Waals surface area contributed by atoms with E-state index in [0.717, 1.165) is 0 Å². The summed E-state index contributed by atoms with van der Waals surface area (Å²) in [4.78, 5) is 0. The molecule has 2 nitrogen and oxygen atoms in total. The molecule has 0 fully saturated rings. The van der Waals surface area contributed by atoms with Crippen LogP contribution < -0.4 is 9.47 Å². The lowest BCUT2D eigenvalue weighted by Crippen LogP contribution is -2.01. The summed E-state index contributed by atoms with van der Waals surface area (Å²) in [6.07, 6.45) is 0. The second-order valence-electron chi connectivity index (χ2n) is 1.96. The lowest BCUT2D eigenvalue weighted by molar-refractivity contribution is -0.0501. The first-order valence-electron chi connectivity index (χ1n) is 3.23. The van der Waals surface area contributed by atoms with Gasteiger partial charge in [0.05, 0.1) is 13.2 Å². The number of rotatable bonds is 3. The minimum atomic E-state index is -2.83. The van der Waals surface area contributed by atoms with E-state index in [1.807, 2.05) is 0 Å². The summed E-state index contributed by atoms with van der Waals surface area (Å²) in [6, 6.07) is 7.03. The number of benzene rings is 1. The van der Waals surface area contributed by atoms with E-state index >= 15 is 0 Å². The maximum Gasteiger partial charge on any atom is 0.387 e. The highest BCUT2D eigenvalue weighted by Crippen LogP contribution is 2.19. The molecule has 0 unspecified atom stereocenters. The van der Waals surface area contributed by atoms with Crippen molar-refractivity contribution in [3.63, 3.8) is 0 Å². The highest BCUT2D eigenvalue weighted by atomic mass is 19.3. The SMILES string of the molecule is COc1[c]c(OC(F)F)ccc1. The molecule has 1 aromatic carbocycles. The van der Waals surface area contributed by atoms with Crippen molar-refractivity contribution in [2.75, 3.05) is 7.11 Å². The first-order chi connectivity index (χ1) is 5.72. The summed E-state index contributed by atoms with van der Waals surface area (Å²) in [5.74, 6) is 0.345. The maximum atomic E-state index is 11.7. The second kappa shape index (κ2) is 3.90. The van der Waals surface area contributed by atoms with E-state index in [1.54, 1.807) is 12.1 Å². The highest BCUT2D eigenvalue weighted by molar-refractivity contribution is 5.30. The molecule has 0 aromatic heterocycles. The Morgan fingerprint density at radius 2 is 2.00 bits per heavy atom. The Hall–Kier alpha value is -1.32. The zero-order valence-electron chi connectivity index (χ0n) is 6.38. The van der Waals surface area contributed by atoms with Gasteiger partial charge in [0.25, 0.3) is 0 Å². The van der Waals surface area contributed by atoms with Gasteiger partial charge in [-0.25, -0.2) is 0 Å². The lowest BCUT2D eigenvalue weighted by Gasteiger charge is -2.04. The van der Waals surface area contributed by atoms with Crippen LogP contribution in [0.3, 0.4) is 0 Å². The van der Waals surface area contributed by atoms with Gasteiger partial charge in [-0.15, -0.1) is 0 Å². The van der Waals surface area contributed by atoms with Crippen LogP contribution in [-0.4, -0.2) is 13.7 Å². The molecule has 0 heterocycles. The third-order valence-electron chi connectivity index (χ3n) is 1.18. The molecule has 0 aliphatic rings. The standard InChI is InChI=1S/C8H7F2O2/c1-11-6-3-2-4-7(5-6)12-8(9)10/h2-4,8H,1H3. The van der Waals surface area contributed by atoms with Crippen molar-refractivity contribution in [2.45, 2.75) is 6.61 Å². The van der Waals surface area contributed by atoms with E-state index in [0.29, 0.717) is 5.75 Å². The summed E-state index contributed by atoms with van der Waals surface area (Å²) >= 11 is 0. The summed E-state index contributed by atoms with van der Waals surface area (Å²) < 4.78 is 32.2. The first kappa shape index (κ1) is 8.77. The summed E-state index contributed by atoms with van der Waals surface area (Å²) in [6.45, 7) is -2.83. The Bertz CT molecular complexity index is 251. The van der Waals surface area contributed by atoms with Gasteiger partial charge in [-0.05, 0) is 12.1 Å². The number of methoxy groups -OCH3 is 1. The Kier molecular flexibility index (Phi) is 2.85. The van der Waals surface area contributed by atoms with E-state index in [1.165, 1.54) is 13.2 Å². The van der Waals surface area contributed by atoms with Crippen molar-refractivity contribution in [2.24, 2.45) is 0 Å². The van der Waals surface area contributed by atoms with Crippen LogP contribution >= 0.6 is 0 Å². The third kappa shape index (κ3) is 2.38. The van der Waals surface area contributed by atoms with Gasteiger partial charge in [-0.2, -0.15) is 8.78 Å². The van der Waals surface area contributed by atoms with Gasteiger partial charge in [0, 0.05) is 0 Å². The molecule has 12 heavy (non-hydrogen) atoms. The van der Waals surface area contributed by atoms with Crippen LogP contribution in [0.4, 0.5) is 8.78 Å². The van der Waals surface area contributed by atoms with Crippen molar-refractivity contribution in [1.82, 2.24) is 0 Å². The first-order valence-corrected chi connectivity index (χ1v) is 3.23. The number of alkyl halides is 2. The van der Waals surface area contributed by atoms with Crippen LogP contribution in [0.1, 0.15) is 0 Å². The molecule has 4 heteroatoms. The molecule has 0 spiro atoms. The van der Waals surface area contributed by atoms with Gasteiger partial charge in [0.2, 0.25) is 0 Å². The van der Waals surface area contributed by atoms with E-state index in [4.69, 9.17) is 4.74 Å². The molecule has 0 saturated carbocycles. The average molecular weight is 173 g/mol. The second-order valence-corrected chi connectivity index (χ2v) is 1.96. The fourth-order valence-electron chi connectivity index (χ4n) is 0.711. The van der Waals surface area contributed by atoms with Gasteiger partial charge in [0.1, 0.15) is 11.5 Å². The van der Waals surface area contributed by atoms with Crippen molar-refractivity contribution in [1.29, 1.82) is 0 Å². The van der Waals surface area contributed by atoms with E-state index < -0.39 is 6.61 Å². The molecule has 65 valence electrons. The van der Waals surface area contributed by atoms with Gasteiger partial charge >= 0.3 is 6.61 Å². The van der Waals surface area contributed by atoms with Gasteiger partial charge in [0.15, 0.2) is 0 Å². The normalized spacial score (nSPS) is 10.0. The van der Waals surface area contributed by atoms with Crippen LogP contribution in [0, 0.1) is 6.07 Å². The molecule has 0 atom stereocenters. The van der Waals surface area contributed by atoms with Crippen LogP contribution in [0.15, 0.2) is 18.2 Å². The Labute approximate surface area is 68.7 Å². The van der Waals surface area contributed by atoms with Crippen molar-refractivity contribution in [3.05, 3.63) is 24.3 Å². The largest absolute Gasteiger partial charge is 0.496 e. The fraction of sp³-hybridized carbons (Fsp3) is 0.250. The van der Waals surface area contributed by atoms with Gasteiger partial charge in [-0.3, -0.25) is 0 Å². The summed E-state index contributed by atoms with van der Waals surface area (Å²) in [5, 5.41) is 0. The quantitative estimate of drug-likeness (QED) is 0.696. The lowest BCUT2D eigenvalue weighted by atomic mass is 10.3. The molecule has 1 radical (unpaired) electrons. The van der Waals surface area contributed by atoms with Crippen LogP contribution in [0.25, 0.3) is 0 Å². The zero-order chi connectivity index (χ0) is 8.97. The fourth-order valence-corrected chi connectivity index (χ4v) is 0.711. The van der Waals surface area contributed by atoms with E-state index in [-0.39, 0.29) is 5.75 Å². The molecule has 1 rings (SSSR count). The molecule has 1 aromatic rings. The topological polar surface area (TPSA) is 18.5 Å². The molecular formula is C8H7F2O2. The van der Waals surface area contributed by atoms with E-state index in [9.17, 15) is 8.78 Å². The maximum absolute atomic E-state index is 11.7. The van der Waals surface area contributed by atoms with E-state index in [2.05, 4.69) is 10.8 Å². The van der Waals surface area contributed by atoms with Crippen molar-refractivity contribution >= 4 is 0 Å². The minimum Gasteiger partial charge on any atom is -0.496 e. The van der Waals surface area contributed by atoms with Gasteiger partial charge < -0.3 is 9.47 Å². The number of halogens is 2. The number of hydrogen-bond donors (Lipinski definition) is 0. The van der Waals surface area contributed by atoms with Crippen LogP contribution in [0.5, 0.6) is 11.5 Å². The monoisotopic (exact) mass is 173 g/mol. The molecule has 0 aliphatic heterocycles. The Morgan fingerprint density at radius 1 is 1.33 bits per heavy atom. The smallest absolute Gasteiger partial charge is 0.387 e. The predicted molar refractivity (Wildman–Crippen MR) is 38.5 cm³/mol. The van der Waals surface area contributed by atoms with Crippen LogP contribution in [0.2, 0.25) is 0 Å². The highest BCUT2D eigenvalue weighted by Gasteiger charge is 2.04. The molecule has 0 saturated heterocycles. The van der Waals surface area contributed by atoms with Crippen LogP contribution in [-0.2, 0) is 0 Å². The Balaban J connectivity index is 2.72. The predicted octanol–water partition coefficient (Wildman–Crippen LogP) is 2.10. The number of ether oxygens (including phenoxy) is 2. The third-order valence-corrected chi connectivity index (χ3v) is 1.18.